The number of nitrogens with two attached hydrogens (primary N) is 1. The molecule has 2 rings (SSSR count). The van der Waals surface area contributed by atoms with Gasteiger partial charge in [0.2, 0.25) is 5.13 Å². The van der Waals surface area contributed by atoms with Crippen LogP contribution in [0.4, 0.5) is 5.82 Å². The number of nitrogen functional groups attached to an aromatic ring is 1. The standard InChI is InChI=1S/C5H4BrN5S/c6-3-1-11(10-4(3)7)5-9-8-2-12-5/h1-2H,(H2,7,10). The zero-order chi connectivity index (χ0) is 8.55. The maximum absolute atomic E-state index is 5.52. The van der Waals surface area contributed by atoms with Crippen LogP contribution in [0.15, 0.2) is 16.2 Å². The molecule has 2 aromatic heterocycles. The van der Waals surface area contributed by atoms with E-state index in [4.69, 9.17) is 5.73 Å². The predicted molar refractivity (Wildman–Crippen MR) is 49.1 cm³/mol. The first-order valence-electron chi connectivity index (χ1n) is 3.04. The highest BCUT2D eigenvalue weighted by atomic mass is 79.9. The quantitative estimate of drug-likeness (QED) is 0.816. The Hall–Kier alpha value is -0.950. The lowest BCUT2D eigenvalue weighted by Gasteiger charge is -1.89. The second kappa shape index (κ2) is 2.83. The summed E-state index contributed by atoms with van der Waals surface area (Å²) in [5, 5.41) is 12.2. The van der Waals surface area contributed by atoms with Gasteiger partial charge in [-0.1, -0.05) is 11.3 Å². The van der Waals surface area contributed by atoms with Crippen LogP contribution in [0.5, 0.6) is 0 Å². The lowest BCUT2D eigenvalue weighted by molar-refractivity contribution is 0.850. The van der Waals surface area contributed by atoms with Crippen LogP contribution in [0, 0.1) is 0 Å². The van der Waals surface area contributed by atoms with Crippen molar-refractivity contribution in [2.45, 2.75) is 0 Å². The molecule has 0 spiro atoms. The van der Waals surface area contributed by atoms with Crippen LogP contribution in [-0.4, -0.2) is 20.0 Å². The fraction of sp³-hybridized carbons (Fsp3) is 0. The van der Waals surface area contributed by atoms with Gasteiger partial charge in [-0.3, -0.25) is 0 Å². The molecule has 0 saturated carbocycles. The molecule has 62 valence electrons. The van der Waals surface area contributed by atoms with Crippen LogP contribution in [0.2, 0.25) is 0 Å². The third-order valence-corrected chi connectivity index (χ3v) is 2.53. The van der Waals surface area contributed by atoms with E-state index < -0.39 is 0 Å². The number of halogens is 1. The first-order chi connectivity index (χ1) is 5.77. The summed E-state index contributed by atoms with van der Waals surface area (Å²) in [5.41, 5.74) is 7.16. The van der Waals surface area contributed by atoms with Crippen molar-refractivity contribution in [2.75, 3.05) is 5.73 Å². The van der Waals surface area contributed by atoms with Crippen molar-refractivity contribution < 1.29 is 0 Å². The van der Waals surface area contributed by atoms with E-state index in [1.807, 2.05) is 0 Å². The van der Waals surface area contributed by atoms with Gasteiger partial charge < -0.3 is 5.73 Å². The fourth-order valence-corrected chi connectivity index (χ4v) is 1.49. The number of nitrogens with zero attached hydrogens (tertiary/aromatic N) is 4. The highest BCUT2D eigenvalue weighted by Crippen LogP contribution is 2.19. The van der Waals surface area contributed by atoms with Gasteiger partial charge in [0.15, 0.2) is 5.82 Å². The Morgan fingerprint density at radius 3 is 2.92 bits per heavy atom. The normalized spacial score (nSPS) is 10.4. The minimum absolute atomic E-state index is 0.449. The molecule has 0 aliphatic carbocycles. The molecular weight excluding hydrogens is 242 g/mol. The van der Waals surface area contributed by atoms with E-state index in [0.29, 0.717) is 10.9 Å². The molecular formula is C5H4BrN5S. The van der Waals surface area contributed by atoms with Crippen LogP contribution in [-0.2, 0) is 0 Å². The summed E-state index contributed by atoms with van der Waals surface area (Å²) in [5.74, 6) is 0.449. The van der Waals surface area contributed by atoms with Crippen molar-refractivity contribution >= 4 is 33.1 Å². The van der Waals surface area contributed by atoms with E-state index >= 15 is 0 Å². The van der Waals surface area contributed by atoms with Gasteiger partial charge in [0.25, 0.3) is 0 Å². The van der Waals surface area contributed by atoms with E-state index in [9.17, 15) is 0 Å². The smallest absolute Gasteiger partial charge is 0.232 e. The molecule has 0 radical (unpaired) electrons. The summed E-state index contributed by atoms with van der Waals surface area (Å²) in [4.78, 5) is 0. The Labute approximate surface area is 80.4 Å². The molecule has 2 N–H and O–H groups in total. The molecule has 7 heteroatoms. The number of hydrogen-bond donors (Lipinski definition) is 1. The Morgan fingerprint density at radius 2 is 2.42 bits per heavy atom. The van der Waals surface area contributed by atoms with E-state index in [0.717, 1.165) is 4.47 Å². The zero-order valence-corrected chi connectivity index (χ0v) is 8.21. The van der Waals surface area contributed by atoms with Gasteiger partial charge in [-0.15, -0.1) is 15.3 Å². The largest absolute Gasteiger partial charge is 0.381 e. The SMILES string of the molecule is Nc1nn(-c2nncs2)cc1Br. The molecule has 12 heavy (non-hydrogen) atoms. The van der Waals surface area contributed by atoms with Crippen LogP contribution >= 0.6 is 27.3 Å². The second-order valence-electron chi connectivity index (χ2n) is 2.03. The zero-order valence-electron chi connectivity index (χ0n) is 5.81. The molecule has 0 bridgehead atoms. The summed E-state index contributed by atoms with van der Waals surface area (Å²) < 4.78 is 2.34. The van der Waals surface area contributed by atoms with Crippen molar-refractivity contribution in [1.82, 2.24) is 20.0 Å². The highest BCUT2D eigenvalue weighted by Gasteiger charge is 2.05. The Morgan fingerprint density at radius 1 is 1.58 bits per heavy atom. The van der Waals surface area contributed by atoms with Gasteiger partial charge >= 0.3 is 0 Å². The van der Waals surface area contributed by atoms with E-state index in [-0.39, 0.29) is 0 Å². The van der Waals surface area contributed by atoms with Crippen molar-refractivity contribution in [3.05, 3.63) is 16.2 Å². The molecule has 0 saturated heterocycles. The second-order valence-corrected chi connectivity index (χ2v) is 3.69. The molecule has 0 fully saturated rings. The molecule has 5 nitrogen and oxygen atoms in total. The van der Waals surface area contributed by atoms with Gasteiger partial charge in [0.05, 0.1) is 4.47 Å². The third-order valence-electron chi connectivity index (χ3n) is 1.24. The van der Waals surface area contributed by atoms with Crippen molar-refractivity contribution in [3.63, 3.8) is 0 Å². The summed E-state index contributed by atoms with van der Waals surface area (Å²) in [6.45, 7) is 0. The number of anilines is 1. The molecule has 2 heterocycles. The maximum Gasteiger partial charge on any atom is 0.232 e. The average molecular weight is 246 g/mol. The summed E-state index contributed by atoms with van der Waals surface area (Å²) in [6, 6.07) is 0. The lowest BCUT2D eigenvalue weighted by Crippen LogP contribution is -1.95. The number of aromatic nitrogens is 4. The Balaban J connectivity index is 2.48. The van der Waals surface area contributed by atoms with E-state index in [2.05, 4.69) is 31.2 Å². The summed E-state index contributed by atoms with van der Waals surface area (Å²) in [6.07, 6.45) is 1.75. The summed E-state index contributed by atoms with van der Waals surface area (Å²) in [7, 11) is 0. The Bertz CT molecular complexity index is 361. The van der Waals surface area contributed by atoms with Gasteiger partial charge in [-0.2, -0.15) is 0 Å². The first kappa shape index (κ1) is 7.69. The minimum atomic E-state index is 0.449. The molecule has 0 aliphatic heterocycles. The third kappa shape index (κ3) is 1.21. The predicted octanol–water partition coefficient (Wildman–Crippen LogP) is 1.07. The monoisotopic (exact) mass is 245 g/mol. The molecule has 0 atom stereocenters. The molecule has 2 aromatic rings. The van der Waals surface area contributed by atoms with Crippen molar-refractivity contribution in [2.24, 2.45) is 0 Å². The van der Waals surface area contributed by atoms with Gasteiger partial charge in [-0.05, 0) is 15.9 Å². The average Bonchev–Trinajstić information content (AvgIpc) is 2.61. The van der Waals surface area contributed by atoms with Crippen molar-refractivity contribution in [1.29, 1.82) is 0 Å². The first-order valence-corrected chi connectivity index (χ1v) is 4.72. The van der Waals surface area contributed by atoms with Gasteiger partial charge in [-0.25, -0.2) is 4.68 Å². The van der Waals surface area contributed by atoms with Crippen LogP contribution in [0.25, 0.3) is 5.13 Å². The van der Waals surface area contributed by atoms with Crippen LogP contribution in [0.3, 0.4) is 0 Å². The maximum atomic E-state index is 5.52. The molecule has 0 amide bonds. The topological polar surface area (TPSA) is 69.6 Å². The van der Waals surface area contributed by atoms with E-state index in [1.165, 1.54) is 11.3 Å². The molecule has 0 unspecified atom stereocenters. The summed E-state index contributed by atoms with van der Waals surface area (Å²) >= 11 is 4.65. The van der Waals surface area contributed by atoms with Gasteiger partial charge in [0.1, 0.15) is 5.51 Å². The Kier molecular flexibility index (Phi) is 1.81. The number of hydrogen-bond acceptors (Lipinski definition) is 5. The van der Waals surface area contributed by atoms with Crippen LogP contribution in [0.1, 0.15) is 0 Å². The fourth-order valence-electron chi connectivity index (χ4n) is 0.731. The molecule has 0 aromatic carbocycles. The number of rotatable bonds is 1. The highest BCUT2D eigenvalue weighted by molar-refractivity contribution is 9.10. The van der Waals surface area contributed by atoms with E-state index in [1.54, 1.807) is 16.4 Å². The van der Waals surface area contributed by atoms with Crippen LogP contribution < -0.4 is 5.73 Å². The van der Waals surface area contributed by atoms with Gasteiger partial charge in [0, 0.05) is 6.20 Å². The van der Waals surface area contributed by atoms with Crippen molar-refractivity contribution in [3.8, 4) is 5.13 Å². The minimum Gasteiger partial charge on any atom is -0.381 e. The molecule has 0 aliphatic rings. The lowest BCUT2D eigenvalue weighted by atomic mass is 10.7.